The second-order valence-corrected chi connectivity index (χ2v) is 4.41. The first-order valence-corrected chi connectivity index (χ1v) is 5.98. The fourth-order valence-corrected chi connectivity index (χ4v) is 1.82. The lowest BCUT2D eigenvalue weighted by molar-refractivity contribution is 0.0930. The molecule has 2 N–H and O–H groups in total. The normalized spacial score (nSPS) is 12.6. The third-order valence-corrected chi connectivity index (χ3v) is 2.87. The van der Waals surface area contributed by atoms with Crippen LogP contribution in [-0.4, -0.2) is 33.0 Å². The van der Waals surface area contributed by atoms with Gasteiger partial charge in [-0.15, -0.1) is 0 Å². The first-order valence-electron chi connectivity index (χ1n) is 5.98. The first kappa shape index (κ1) is 12.6. The summed E-state index contributed by atoms with van der Waals surface area (Å²) in [7, 11) is 0. The van der Waals surface area contributed by atoms with Crippen LogP contribution in [0.3, 0.4) is 0 Å². The molecule has 96 valence electrons. The van der Waals surface area contributed by atoms with Gasteiger partial charge in [0, 0.05) is 24.5 Å². The van der Waals surface area contributed by atoms with Crippen molar-refractivity contribution in [2.75, 3.05) is 6.61 Å². The summed E-state index contributed by atoms with van der Waals surface area (Å²) in [5, 5.41) is 11.6. The standard InChI is InChI=1S/C13H17N3O2/c1-9(6-7-17)14-13(18)11-8-16-10(2)4-3-5-12(16)15-11/h3-5,8-9,17H,6-7H2,1-2H3,(H,14,18). The number of pyridine rings is 1. The van der Waals surface area contributed by atoms with Crippen LogP contribution in [0.4, 0.5) is 0 Å². The van der Waals surface area contributed by atoms with Crippen LogP contribution in [0.2, 0.25) is 0 Å². The van der Waals surface area contributed by atoms with Gasteiger partial charge in [0.2, 0.25) is 0 Å². The number of amides is 1. The van der Waals surface area contributed by atoms with Gasteiger partial charge in [-0.1, -0.05) is 6.07 Å². The molecule has 2 rings (SSSR count). The fourth-order valence-electron chi connectivity index (χ4n) is 1.82. The number of aromatic nitrogens is 2. The molecule has 2 aromatic rings. The van der Waals surface area contributed by atoms with Crippen LogP contribution in [0.1, 0.15) is 29.5 Å². The number of hydrogen-bond acceptors (Lipinski definition) is 3. The van der Waals surface area contributed by atoms with Crippen LogP contribution < -0.4 is 5.32 Å². The van der Waals surface area contributed by atoms with Gasteiger partial charge >= 0.3 is 0 Å². The number of carbonyl (C=O) groups excluding carboxylic acids is 1. The second-order valence-electron chi connectivity index (χ2n) is 4.41. The van der Waals surface area contributed by atoms with Gasteiger partial charge in [0.25, 0.3) is 5.91 Å². The summed E-state index contributed by atoms with van der Waals surface area (Å²) in [6.45, 7) is 3.88. The van der Waals surface area contributed by atoms with Gasteiger partial charge in [-0.05, 0) is 32.4 Å². The number of rotatable bonds is 4. The van der Waals surface area contributed by atoms with Gasteiger partial charge in [0.15, 0.2) is 0 Å². The molecule has 0 bridgehead atoms. The third-order valence-electron chi connectivity index (χ3n) is 2.87. The van der Waals surface area contributed by atoms with Crippen LogP contribution in [-0.2, 0) is 0 Å². The monoisotopic (exact) mass is 247 g/mol. The minimum atomic E-state index is -0.209. The number of fused-ring (bicyclic) bond motifs is 1. The summed E-state index contributed by atoms with van der Waals surface area (Å²) in [5.41, 5.74) is 2.19. The topological polar surface area (TPSA) is 66.6 Å². The van der Waals surface area contributed by atoms with E-state index in [9.17, 15) is 4.79 Å². The largest absolute Gasteiger partial charge is 0.396 e. The van der Waals surface area contributed by atoms with Crippen molar-refractivity contribution in [3.63, 3.8) is 0 Å². The molecule has 1 unspecified atom stereocenters. The molecule has 1 amide bonds. The zero-order valence-corrected chi connectivity index (χ0v) is 10.6. The van der Waals surface area contributed by atoms with Gasteiger partial charge < -0.3 is 14.8 Å². The van der Waals surface area contributed by atoms with Gasteiger partial charge in [-0.2, -0.15) is 0 Å². The van der Waals surface area contributed by atoms with E-state index in [1.807, 2.05) is 36.4 Å². The van der Waals surface area contributed by atoms with Crippen LogP contribution >= 0.6 is 0 Å². The summed E-state index contributed by atoms with van der Waals surface area (Å²) in [6, 6.07) is 5.67. The number of imidazole rings is 1. The lowest BCUT2D eigenvalue weighted by Crippen LogP contribution is -2.33. The van der Waals surface area contributed by atoms with Crippen molar-refractivity contribution >= 4 is 11.6 Å². The summed E-state index contributed by atoms with van der Waals surface area (Å²) in [6.07, 6.45) is 2.27. The van der Waals surface area contributed by atoms with E-state index >= 15 is 0 Å². The minimum absolute atomic E-state index is 0.0612. The lowest BCUT2D eigenvalue weighted by Gasteiger charge is -2.10. The van der Waals surface area contributed by atoms with Gasteiger partial charge in [-0.25, -0.2) is 4.98 Å². The van der Waals surface area contributed by atoms with Crippen molar-refractivity contribution in [2.45, 2.75) is 26.3 Å². The van der Waals surface area contributed by atoms with Crippen molar-refractivity contribution in [1.29, 1.82) is 0 Å². The molecule has 5 nitrogen and oxygen atoms in total. The molecule has 1 atom stereocenters. The molecule has 0 aliphatic carbocycles. The highest BCUT2D eigenvalue weighted by Crippen LogP contribution is 2.08. The second kappa shape index (κ2) is 5.18. The number of aliphatic hydroxyl groups excluding tert-OH is 1. The van der Waals surface area contributed by atoms with E-state index in [0.717, 1.165) is 11.3 Å². The van der Waals surface area contributed by atoms with E-state index in [1.165, 1.54) is 0 Å². The molecular formula is C13H17N3O2. The molecule has 0 fully saturated rings. The molecule has 18 heavy (non-hydrogen) atoms. The average Bonchev–Trinajstić information content (AvgIpc) is 2.74. The summed E-state index contributed by atoms with van der Waals surface area (Å²) >= 11 is 0. The molecule has 0 aliphatic rings. The molecule has 5 heteroatoms. The Morgan fingerprint density at radius 1 is 1.56 bits per heavy atom. The van der Waals surface area contributed by atoms with Crippen LogP contribution in [0, 0.1) is 6.92 Å². The van der Waals surface area contributed by atoms with E-state index in [4.69, 9.17) is 5.11 Å². The van der Waals surface area contributed by atoms with Gasteiger partial charge in [0.05, 0.1) is 0 Å². The van der Waals surface area contributed by atoms with E-state index < -0.39 is 0 Å². The Morgan fingerprint density at radius 2 is 2.33 bits per heavy atom. The maximum atomic E-state index is 11.9. The molecule has 0 saturated heterocycles. The molecule has 0 saturated carbocycles. The molecule has 2 aromatic heterocycles. The highest BCUT2D eigenvalue weighted by molar-refractivity contribution is 5.93. The minimum Gasteiger partial charge on any atom is -0.396 e. The molecule has 2 heterocycles. The van der Waals surface area contributed by atoms with Crippen molar-refractivity contribution in [3.05, 3.63) is 35.8 Å². The maximum Gasteiger partial charge on any atom is 0.271 e. The van der Waals surface area contributed by atoms with Crippen LogP contribution in [0.25, 0.3) is 5.65 Å². The Morgan fingerprint density at radius 3 is 3.00 bits per heavy atom. The predicted molar refractivity (Wildman–Crippen MR) is 68.6 cm³/mol. The van der Waals surface area contributed by atoms with Crippen LogP contribution in [0.5, 0.6) is 0 Å². The number of aliphatic hydroxyl groups is 1. The summed E-state index contributed by atoms with van der Waals surface area (Å²) < 4.78 is 1.88. The predicted octanol–water partition coefficient (Wildman–Crippen LogP) is 1.14. The number of carbonyl (C=O) groups is 1. The Balaban J connectivity index is 2.21. The number of aryl methyl sites for hydroxylation is 1. The van der Waals surface area contributed by atoms with Gasteiger partial charge in [0.1, 0.15) is 11.3 Å². The molecular weight excluding hydrogens is 230 g/mol. The SMILES string of the molecule is Cc1cccc2nc(C(=O)NC(C)CCO)cn12. The molecule has 0 aliphatic heterocycles. The van der Waals surface area contributed by atoms with Gasteiger partial charge in [-0.3, -0.25) is 4.79 Å². The highest BCUT2D eigenvalue weighted by Gasteiger charge is 2.13. The van der Waals surface area contributed by atoms with E-state index in [-0.39, 0.29) is 18.6 Å². The third kappa shape index (κ3) is 2.51. The molecule has 0 aromatic carbocycles. The average molecular weight is 247 g/mol. The Bertz CT molecular complexity index is 562. The maximum absolute atomic E-state index is 11.9. The van der Waals surface area contributed by atoms with Crippen molar-refractivity contribution in [2.24, 2.45) is 0 Å². The Kier molecular flexibility index (Phi) is 3.62. The van der Waals surface area contributed by atoms with E-state index in [2.05, 4.69) is 10.3 Å². The summed E-state index contributed by atoms with van der Waals surface area (Å²) in [4.78, 5) is 16.2. The Hall–Kier alpha value is -1.88. The number of nitrogens with zero attached hydrogens (tertiary/aromatic N) is 2. The van der Waals surface area contributed by atoms with Crippen LogP contribution in [0.15, 0.2) is 24.4 Å². The van der Waals surface area contributed by atoms with Crippen molar-refractivity contribution < 1.29 is 9.90 Å². The number of nitrogens with one attached hydrogen (secondary N) is 1. The molecule has 0 radical (unpaired) electrons. The first-order chi connectivity index (χ1) is 8.61. The quantitative estimate of drug-likeness (QED) is 0.851. The van der Waals surface area contributed by atoms with E-state index in [1.54, 1.807) is 6.20 Å². The zero-order valence-electron chi connectivity index (χ0n) is 10.6. The lowest BCUT2D eigenvalue weighted by atomic mass is 10.2. The van der Waals surface area contributed by atoms with Crippen molar-refractivity contribution in [3.8, 4) is 0 Å². The van der Waals surface area contributed by atoms with Crippen molar-refractivity contribution in [1.82, 2.24) is 14.7 Å². The molecule has 0 spiro atoms. The zero-order chi connectivity index (χ0) is 13.1. The number of hydrogen-bond donors (Lipinski definition) is 2. The Labute approximate surface area is 105 Å². The summed E-state index contributed by atoms with van der Waals surface area (Å²) in [5.74, 6) is -0.209. The fraction of sp³-hybridized carbons (Fsp3) is 0.385. The van der Waals surface area contributed by atoms with E-state index in [0.29, 0.717) is 12.1 Å². The smallest absolute Gasteiger partial charge is 0.271 e. The highest BCUT2D eigenvalue weighted by atomic mass is 16.3.